The summed E-state index contributed by atoms with van der Waals surface area (Å²) in [6, 6.07) is 13.5. The average molecular weight is 483 g/mol. The van der Waals surface area contributed by atoms with Gasteiger partial charge in [-0.3, -0.25) is 19.1 Å². The predicted octanol–water partition coefficient (Wildman–Crippen LogP) is 2.63. The van der Waals surface area contributed by atoms with E-state index in [0.717, 1.165) is 5.56 Å². The summed E-state index contributed by atoms with van der Waals surface area (Å²) in [6.07, 6.45) is 1.73. The van der Waals surface area contributed by atoms with Gasteiger partial charge in [0.1, 0.15) is 0 Å². The maximum absolute atomic E-state index is 13.3. The van der Waals surface area contributed by atoms with Crippen molar-refractivity contribution in [1.29, 1.82) is 0 Å². The number of hydrogen-bond acceptors (Lipinski definition) is 6. The summed E-state index contributed by atoms with van der Waals surface area (Å²) in [6.45, 7) is 7.47. The first-order chi connectivity index (χ1) is 16.3. The molecule has 0 atom stereocenters. The maximum Gasteiger partial charge on any atom is 0.232 e. The topological polar surface area (TPSA) is 103 Å². The van der Waals surface area contributed by atoms with Crippen LogP contribution in [0.4, 0.5) is 0 Å². The molecule has 1 aromatic carbocycles. The van der Waals surface area contributed by atoms with Gasteiger partial charge in [0.15, 0.2) is 16.4 Å². The van der Waals surface area contributed by atoms with Crippen LogP contribution in [0.25, 0.3) is 11.6 Å². The van der Waals surface area contributed by atoms with Gasteiger partial charge in [0.05, 0.1) is 18.3 Å². The van der Waals surface area contributed by atoms with E-state index in [1.54, 1.807) is 27.6 Å². The quantitative estimate of drug-likeness (QED) is 0.495. The van der Waals surface area contributed by atoms with Crippen molar-refractivity contribution in [2.24, 2.45) is 5.73 Å². The second kappa shape index (κ2) is 9.94. The fourth-order valence-corrected chi connectivity index (χ4v) is 4.48. The SMILES string of the molecule is CC(C)(C(=O)N1CCN(Cn2nc(-c3ccco3)n(CCC(N)=O)c2=S)CC1)c1ccccc1. The molecule has 9 nitrogen and oxygen atoms in total. The molecule has 1 aliphatic heterocycles. The Morgan fingerprint density at radius 1 is 1.09 bits per heavy atom. The van der Waals surface area contributed by atoms with Gasteiger partial charge in [-0.25, -0.2) is 4.68 Å². The minimum Gasteiger partial charge on any atom is -0.461 e. The van der Waals surface area contributed by atoms with Gasteiger partial charge < -0.3 is 15.1 Å². The summed E-state index contributed by atoms with van der Waals surface area (Å²) >= 11 is 5.65. The average Bonchev–Trinajstić information content (AvgIpc) is 3.47. The number of piperazine rings is 1. The Hall–Kier alpha value is -3.24. The van der Waals surface area contributed by atoms with Crippen LogP contribution in [-0.4, -0.2) is 62.1 Å². The number of rotatable bonds is 8. The highest BCUT2D eigenvalue weighted by molar-refractivity contribution is 7.71. The van der Waals surface area contributed by atoms with Crippen LogP contribution >= 0.6 is 12.2 Å². The monoisotopic (exact) mass is 482 g/mol. The normalized spacial score (nSPS) is 14.9. The van der Waals surface area contributed by atoms with Gasteiger partial charge in [0.2, 0.25) is 11.8 Å². The molecule has 0 bridgehead atoms. The highest BCUT2D eigenvalue weighted by atomic mass is 32.1. The zero-order valence-corrected chi connectivity index (χ0v) is 20.3. The van der Waals surface area contributed by atoms with Gasteiger partial charge in [-0.2, -0.15) is 0 Å². The van der Waals surface area contributed by atoms with Gasteiger partial charge in [0, 0.05) is 39.1 Å². The lowest BCUT2D eigenvalue weighted by atomic mass is 9.83. The van der Waals surface area contributed by atoms with Crippen molar-refractivity contribution in [3.63, 3.8) is 0 Å². The third kappa shape index (κ3) is 4.97. The lowest BCUT2D eigenvalue weighted by Gasteiger charge is -2.38. The number of carbonyl (C=O) groups is 2. The first-order valence-electron chi connectivity index (χ1n) is 11.3. The molecule has 2 amide bonds. The molecule has 4 rings (SSSR count). The van der Waals surface area contributed by atoms with Crippen molar-refractivity contribution in [2.75, 3.05) is 26.2 Å². The van der Waals surface area contributed by atoms with Crippen molar-refractivity contribution in [3.05, 3.63) is 59.1 Å². The fraction of sp³-hybridized carbons (Fsp3) is 0.417. The molecule has 0 radical (unpaired) electrons. The molecule has 10 heteroatoms. The number of carbonyl (C=O) groups excluding carboxylic acids is 2. The summed E-state index contributed by atoms with van der Waals surface area (Å²) in [5, 5.41) is 4.66. The molecule has 0 spiro atoms. The van der Waals surface area contributed by atoms with E-state index in [1.807, 2.05) is 49.1 Å². The molecule has 0 aliphatic carbocycles. The first kappa shape index (κ1) is 23.9. The molecule has 1 saturated heterocycles. The lowest BCUT2D eigenvalue weighted by molar-refractivity contribution is -0.138. The van der Waals surface area contributed by atoms with Crippen LogP contribution in [0.2, 0.25) is 0 Å². The van der Waals surface area contributed by atoms with Crippen LogP contribution in [0, 0.1) is 4.77 Å². The summed E-state index contributed by atoms with van der Waals surface area (Å²) < 4.78 is 9.53. The second-order valence-corrected chi connectivity index (χ2v) is 9.36. The molecule has 2 N–H and O–H groups in total. The third-order valence-corrected chi connectivity index (χ3v) is 6.70. The number of furan rings is 1. The standard InChI is InChI=1S/C24H30N6O3S/c1-24(2,18-7-4-3-5-8-18)22(32)28-14-12-27(13-15-28)17-30-23(34)29(11-10-20(25)31)21(26-30)19-9-6-16-33-19/h3-9,16H,10-15,17H2,1-2H3,(H2,25,31). The van der Waals surface area contributed by atoms with Crippen molar-refractivity contribution in [1.82, 2.24) is 24.1 Å². The first-order valence-corrected chi connectivity index (χ1v) is 11.8. The molecule has 2 aromatic heterocycles. The van der Waals surface area contributed by atoms with Crippen LogP contribution in [0.15, 0.2) is 53.1 Å². The Kier molecular flexibility index (Phi) is 6.99. The Morgan fingerprint density at radius 2 is 1.79 bits per heavy atom. The van der Waals surface area contributed by atoms with Gasteiger partial charge in [0.25, 0.3) is 0 Å². The molecule has 1 fully saturated rings. The second-order valence-electron chi connectivity index (χ2n) is 8.99. The minimum absolute atomic E-state index is 0.130. The van der Waals surface area contributed by atoms with E-state index < -0.39 is 11.3 Å². The number of benzene rings is 1. The highest BCUT2D eigenvalue weighted by Gasteiger charge is 2.35. The summed E-state index contributed by atoms with van der Waals surface area (Å²) in [7, 11) is 0. The molecular weight excluding hydrogens is 452 g/mol. The highest BCUT2D eigenvalue weighted by Crippen LogP contribution is 2.26. The number of aromatic nitrogens is 3. The smallest absolute Gasteiger partial charge is 0.232 e. The Balaban J connectivity index is 1.44. The predicted molar refractivity (Wildman–Crippen MR) is 130 cm³/mol. The summed E-state index contributed by atoms with van der Waals surface area (Å²) in [4.78, 5) is 28.8. The van der Waals surface area contributed by atoms with Crippen molar-refractivity contribution >= 4 is 24.0 Å². The molecule has 3 heterocycles. The van der Waals surface area contributed by atoms with E-state index in [0.29, 0.717) is 55.7 Å². The lowest BCUT2D eigenvalue weighted by Crippen LogP contribution is -2.53. The molecule has 180 valence electrons. The number of hydrogen-bond donors (Lipinski definition) is 1. The fourth-order valence-electron chi connectivity index (χ4n) is 4.20. The van der Waals surface area contributed by atoms with Crippen molar-refractivity contribution < 1.29 is 14.0 Å². The Bertz CT molecular complexity index is 1190. The van der Waals surface area contributed by atoms with Crippen LogP contribution in [0.5, 0.6) is 0 Å². The van der Waals surface area contributed by atoms with Crippen LogP contribution in [0.3, 0.4) is 0 Å². The zero-order chi connectivity index (χ0) is 24.3. The molecule has 0 unspecified atom stereocenters. The molecule has 0 saturated carbocycles. The van der Waals surface area contributed by atoms with Gasteiger partial charge in [-0.05, 0) is 43.8 Å². The number of primary amides is 1. The van der Waals surface area contributed by atoms with Crippen LogP contribution in [-0.2, 0) is 28.2 Å². The van der Waals surface area contributed by atoms with E-state index in [2.05, 4.69) is 10.00 Å². The largest absolute Gasteiger partial charge is 0.461 e. The van der Waals surface area contributed by atoms with E-state index in [-0.39, 0.29) is 12.3 Å². The number of amides is 2. The zero-order valence-electron chi connectivity index (χ0n) is 19.5. The van der Waals surface area contributed by atoms with Gasteiger partial charge in [-0.15, -0.1) is 5.10 Å². The molecule has 3 aromatic rings. The Labute approximate surface area is 203 Å². The van der Waals surface area contributed by atoms with E-state index in [9.17, 15) is 9.59 Å². The summed E-state index contributed by atoms with van der Waals surface area (Å²) in [5.41, 5.74) is 5.78. The van der Waals surface area contributed by atoms with E-state index >= 15 is 0 Å². The number of nitrogens with zero attached hydrogens (tertiary/aromatic N) is 5. The van der Waals surface area contributed by atoms with Crippen molar-refractivity contribution in [3.8, 4) is 11.6 Å². The summed E-state index contributed by atoms with van der Waals surface area (Å²) in [5.74, 6) is 0.868. The minimum atomic E-state index is -0.580. The van der Waals surface area contributed by atoms with Gasteiger partial charge in [-0.1, -0.05) is 30.3 Å². The number of nitrogens with two attached hydrogens (primary N) is 1. The van der Waals surface area contributed by atoms with Crippen LogP contribution < -0.4 is 5.73 Å². The molecule has 1 aliphatic rings. The maximum atomic E-state index is 13.3. The van der Waals surface area contributed by atoms with E-state index in [1.165, 1.54) is 0 Å². The van der Waals surface area contributed by atoms with E-state index in [4.69, 9.17) is 22.4 Å². The van der Waals surface area contributed by atoms with Gasteiger partial charge >= 0.3 is 0 Å². The Morgan fingerprint density at radius 3 is 2.41 bits per heavy atom. The third-order valence-electron chi connectivity index (χ3n) is 6.27. The molecular formula is C24H30N6O3S. The van der Waals surface area contributed by atoms with Crippen molar-refractivity contribution in [2.45, 2.75) is 38.9 Å². The van der Waals surface area contributed by atoms with Crippen LogP contribution in [0.1, 0.15) is 25.8 Å². The molecule has 34 heavy (non-hydrogen) atoms.